The monoisotopic (exact) mass is 563 g/mol. The number of fused-ring (bicyclic) bond motifs is 1. The summed E-state index contributed by atoms with van der Waals surface area (Å²) < 4.78 is 0. The lowest BCUT2D eigenvalue weighted by Crippen LogP contribution is -2.12. The largest absolute Gasteiger partial charge is 0.300 e. The molecule has 0 aromatic carbocycles. The van der Waals surface area contributed by atoms with Gasteiger partial charge in [-0.2, -0.15) is 0 Å². The second-order valence-electron chi connectivity index (χ2n) is 10.9. The van der Waals surface area contributed by atoms with Gasteiger partial charge >= 0.3 is 0 Å². The molecule has 3 nitrogen and oxygen atoms in total. The number of hydrogen-bond acceptors (Lipinski definition) is 4. The zero-order valence-corrected chi connectivity index (χ0v) is 26.1. The number of unbranched alkanes of at least 4 members (excludes halogenated alkanes) is 2. The maximum atomic E-state index is 12.5. The van der Waals surface area contributed by atoms with Crippen LogP contribution in [0.15, 0.2) is 60.8 Å². The van der Waals surface area contributed by atoms with Gasteiger partial charge in [0, 0.05) is 24.1 Å². The lowest BCUT2D eigenvalue weighted by Gasteiger charge is -2.20. The average molecular weight is 564 g/mol. The number of thiazole rings is 1. The van der Waals surface area contributed by atoms with E-state index < -0.39 is 0 Å². The number of rotatable bonds is 22. The summed E-state index contributed by atoms with van der Waals surface area (Å²) in [6, 6.07) is 0. The molecule has 1 atom stereocenters. The zero-order chi connectivity index (χ0) is 28.7. The first kappa shape index (κ1) is 33.9. The van der Waals surface area contributed by atoms with Crippen molar-refractivity contribution in [3.05, 3.63) is 76.3 Å². The normalized spacial score (nSPS) is 15.9. The Morgan fingerprint density at radius 3 is 2.02 bits per heavy atom. The number of nitrogens with zero attached hydrogens (tertiary/aromatic N) is 1. The number of aromatic nitrogens is 1. The number of hydrogen-bond donors (Lipinski definition) is 0. The van der Waals surface area contributed by atoms with Gasteiger partial charge in [-0.25, -0.2) is 4.98 Å². The van der Waals surface area contributed by atoms with E-state index in [0.29, 0.717) is 32.1 Å². The van der Waals surface area contributed by atoms with E-state index >= 15 is 0 Å². The standard InChI is InChI=1S/C36H53NO2S/c1-3-5-7-8-9-10-11-12-13-14-15-16-17-18-19-20-21-24-32(38)25-22-26-33(39)30-36-37-34-28-27-31(23-6-4-2)29-35(34)40-36/h5,7,9-10,12-13,15-16,18-19,31H,3-4,6,8,11,14,17,20-30H2,1-2H3/b7-5-,10-9-,13-12-,16-15-,19-18-/t31-/m1/s1. The number of aryl methyl sites for hydroxylation is 1. The minimum absolute atomic E-state index is 0.222. The maximum absolute atomic E-state index is 12.5. The molecule has 0 N–H and O–H groups in total. The van der Waals surface area contributed by atoms with E-state index in [0.717, 1.165) is 68.7 Å². The number of ketones is 2. The molecule has 2 rings (SSSR count). The third kappa shape index (κ3) is 16.1. The van der Waals surface area contributed by atoms with Gasteiger partial charge in [-0.15, -0.1) is 11.3 Å². The number of Topliss-reactive ketones (excluding diaryl/α,β-unsaturated/α-hetero) is 2. The van der Waals surface area contributed by atoms with Gasteiger partial charge < -0.3 is 0 Å². The van der Waals surface area contributed by atoms with Gasteiger partial charge in [-0.05, 0) is 76.5 Å². The Labute approximate surface area is 248 Å². The van der Waals surface area contributed by atoms with Gasteiger partial charge in [0.1, 0.15) is 16.6 Å². The number of allylic oxidation sites excluding steroid dienone is 10. The van der Waals surface area contributed by atoms with E-state index in [9.17, 15) is 9.59 Å². The third-order valence-corrected chi connectivity index (χ3v) is 8.42. The fraction of sp³-hybridized carbons (Fsp3) is 0.583. The highest BCUT2D eigenvalue weighted by molar-refractivity contribution is 7.11. The number of carbonyl (C=O) groups excluding carboxylic acids is 2. The van der Waals surface area contributed by atoms with Crippen molar-refractivity contribution in [1.29, 1.82) is 0 Å². The van der Waals surface area contributed by atoms with Crippen molar-refractivity contribution in [2.24, 2.45) is 5.92 Å². The third-order valence-electron chi connectivity index (χ3n) is 7.30. The molecule has 1 aromatic rings. The van der Waals surface area contributed by atoms with Crippen molar-refractivity contribution in [3.63, 3.8) is 0 Å². The van der Waals surface area contributed by atoms with Crippen LogP contribution in [-0.4, -0.2) is 16.6 Å². The minimum atomic E-state index is 0.222. The molecule has 1 aliphatic rings. The maximum Gasteiger partial charge on any atom is 0.139 e. The van der Waals surface area contributed by atoms with Crippen LogP contribution in [0.2, 0.25) is 0 Å². The molecule has 0 aliphatic heterocycles. The van der Waals surface area contributed by atoms with Crippen LogP contribution >= 0.6 is 11.3 Å². The van der Waals surface area contributed by atoms with Crippen molar-refractivity contribution in [1.82, 2.24) is 4.98 Å². The molecule has 0 fully saturated rings. The van der Waals surface area contributed by atoms with E-state index in [1.54, 1.807) is 11.3 Å². The molecule has 0 radical (unpaired) electrons. The van der Waals surface area contributed by atoms with Gasteiger partial charge in [0.05, 0.1) is 12.1 Å². The average Bonchev–Trinajstić information content (AvgIpc) is 3.34. The van der Waals surface area contributed by atoms with Crippen LogP contribution in [0.3, 0.4) is 0 Å². The Morgan fingerprint density at radius 1 is 0.775 bits per heavy atom. The quantitative estimate of drug-likeness (QED) is 0.104. The Morgan fingerprint density at radius 2 is 1.38 bits per heavy atom. The predicted octanol–water partition coefficient (Wildman–Crippen LogP) is 10.2. The summed E-state index contributed by atoms with van der Waals surface area (Å²) in [7, 11) is 0. The van der Waals surface area contributed by atoms with Gasteiger partial charge in [-0.1, -0.05) is 93.9 Å². The minimum Gasteiger partial charge on any atom is -0.300 e. The first-order valence-electron chi connectivity index (χ1n) is 15.9. The van der Waals surface area contributed by atoms with E-state index in [4.69, 9.17) is 4.98 Å². The second-order valence-corrected chi connectivity index (χ2v) is 12.1. The van der Waals surface area contributed by atoms with Crippen molar-refractivity contribution < 1.29 is 9.59 Å². The molecule has 220 valence electrons. The van der Waals surface area contributed by atoms with Crippen LogP contribution in [0.4, 0.5) is 0 Å². The molecule has 1 heterocycles. The van der Waals surface area contributed by atoms with Crippen molar-refractivity contribution in [3.8, 4) is 0 Å². The summed E-state index contributed by atoms with van der Waals surface area (Å²) in [6.07, 6.45) is 39.0. The van der Waals surface area contributed by atoms with E-state index in [-0.39, 0.29) is 11.6 Å². The van der Waals surface area contributed by atoms with Crippen LogP contribution in [0.25, 0.3) is 0 Å². The van der Waals surface area contributed by atoms with Gasteiger partial charge in [0.15, 0.2) is 0 Å². The summed E-state index contributed by atoms with van der Waals surface area (Å²) in [5.41, 5.74) is 1.24. The summed E-state index contributed by atoms with van der Waals surface area (Å²) in [4.78, 5) is 30.9. The fourth-order valence-electron chi connectivity index (χ4n) is 4.96. The van der Waals surface area contributed by atoms with Crippen LogP contribution < -0.4 is 0 Å². The first-order chi connectivity index (χ1) is 19.6. The molecule has 0 bridgehead atoms. The van der Waals surface area contributed by atoms with Crippen molar-refractivity contribution >= 4 is 22.9 Å². The Balaban J connectivity index is 1.46. The molecule has 40 heavy (non-hydrogen) atoms. The summed E-state index contributed by atoms with van der Waals surface area (Å²) >= 11 is 1.75. The fourth-order valence-corrected chi connectivity index (χ4v) is 6.22. The highest BCUT2D eigenvalue weighted by Gasteiger charge is 2.22. The molecule has 0 saturated carbocycles. The second kappa shape index (κ2) is 22.4. The predicted molar refractivity (Wildman–Crippen MR) is 173 cm³/mol. The lowest BCUT2D eigenvalue weighted by molar-refractivity contribution is -0.120. The van der Waals surface area contributed by atoms with Crippen LogP contribution in [-0.2, 0) is 28.9 Å². The molecule has 1 aromatic heterocycles. The molecule has 0 saturated heterocycles. The zero-order valence-electron chi connectivity index (χ0n) is 25.3. The SMILES string of the molecule is CC/C=C\C/C=C\C/C=C\C/C=C\C/C=C\CCCC(=O)CCCC(=O)Cc1nc2c(s1)C[C@H](CCCC)CC2. The summed E-state index contributed by atoms with van der Waals surface area (Å²) in [6.45, 7) is 4.41. The highest BCUT2D eigenvalue weighted by Crippen LogP contribution is 2.32. The highest BCUT2D eigenvalue weighted by atomic mass is 32.1. The van der Waals surface area contributed by atoms with Crippen LogP contribution in [0, 0.1) is 5.92 Å². The first-order valence-corrected chi connectivity index (χ1v) is 16.7. The van der Waals surface area contributed by atoms with Crippen molar-refractivity contribution in [2.75, 3.05) is 0 Å². The Bertz CT molecular complexity index is 994. The topological polar surface area (TPSA) is 47.0 Å². The van der Waals surface area contributed by atoms with Gasteiger partial charge in [-0.3, -0.25) is 9.59 Å². The lowest BCUT2D eigenvalue weighted by atomic mass is 9.87. The van der Waals surface area contributed by atoms with Gasteiger partial charge in [0.25, 0.3) is 0 Å². The van der Waals surface area contributed by atoms with E-state index in [2.05, 4.69) is 74.6 Å². The van der Waals surface area contributed by atoms with Crippen molar-refractivity contribution in [2.45, 2.75) is 129 Å². The summed E-state index contributed by atoms with van der Waals surface area (Å²) in [5.74, 6) is 1.30. The Hall–Kier alpha value is -2.33. The van der Waals surface area contributed by atoms with Gasteiger partial charge in [0.2, 0.25) is 0 Å². The number of carbonyl (C=O) groups is 2. The molecule has 1 aliphatic carbocycles. The molecule has 4 heteroatoms. The summed E-state index contributed by atoms with van der Waals surface area (Å²) in [5, 5.41) is 0.981. The molecule has 0 unspecified atom stereocenters. The van der Waals surface area contributed by atoms with E-state index in [1.807, 2.05) is 0 Å². The van der Waals surface area contributed by atoms with E-state index in [1.165, 1.54) is 36.3 Å². The Kier molecular flexibility index (Phi) is 18.9. The molecule has 0 amide bonds. The molecular weight excluding hydrogens is 510 g/mol. The molecular formula is C36H53NO2S. The molecule has 0 spiro atoms. The van der Waals surface area contributed by atoms with Crippen LogP contribution in [0.5, 0.6) is 0 Å². The smallest absolute Gasteiger partial charge is 0.139 e. The van der Waals surface area contributed by atoms with Crippen LogP contribution in [0.1, 0.15) is 126 Å².